The number of para-hydroxylation sites is 1. The number of benzene rings is 8. The Balaban J connectivity index is 1.22. The SMILES string of the molecule is c1ccc(C2=NC(c3ccccc3-c3ccccc3-n3c4cc5ccccc5cc4c4cc5ccccc5cc43)=NC(c3ccccc3)N2)cc1. The van der Waals surface area contributed by atoms with Crippen LogP contribution in [0.1, 0.15) is 22.9 Å². The van der Waals surface area contributed by atoms with Gasteiger partial charge >= 0.3 is 0 Å². The zero-order valence-electron chi connectivity index (χ0n) is 27.7. The van der Waals surface area contributed by atoms with Crippen molar-refractivity contribution >= 4 is 55.0 Å². The predicted molar refractivity (Wildman–Crippen MR) is 213 cm³/mol. The van der Waals surface area contributed by atoms with Gasteiger partial charge in [-0.25, -0.2) is 9.98 Å². The smallest absolute Gasteiger partial charge is 0.160 e. The molecule has 9 aromatic rings. The first kappa shape index (κ1) is 29.2. The van der Waals surface area contributed by atoms with Crippen molar-refractivity contribution in [1.29, 1.82) is 0 Å². The third-order valence-electron chi connectivity index (χ3n) is 10.0. The Kier molecular flexibility index (Phi) is 6.85. The van der Waals surface area contributed by atoms with E-state index in [1.54, 1.807) is 0 Å². The molecule has 0 bridgehead atoms. The monoisotopic (exact) mass is 652 g/mol. The summed E-state index contributed by atoms with van der Waals surface area (Å²) in [5, 5.41) is 11.0. The molecule has 10 rings (SSSR count). The van der Waals surface area contributed by atoms with Crippen LogP contribution in [0.2, 0.25) is 0 Å². The summed E-state index contributed by atoms with van der Waals surface area (Å²) in [6.45, 7) is 0. The Hall–Kier alpha value is -6.78. The number of hydrogen-bond donors (Lipinski definition) is 1. The summed E-state index contributed by atoms with van der Waals surface area (Å²) in [6, 6.07) is 64.6. The highest BCUT2D eigenvalue weighted by atomic mass is 15.2. The number of nitrogens with zero attached hydrogens (tertiary/aromatic N) is 3. The maximum absolute atomic E-state index is 5.26. The lowest BCUT2D eigenvalue weighted by molar-refractivity contribution is 0.674. The van der Waals surface area contributed by atoms with E-state index < -0.39 is 0 Å². The average molecular weight is 653 g/mol. The minimum atomic E-state index is -0.281. The molecule has 0 radical (unpaired) electrons. The largest absolute Gasteiger partial charge is 0.344 e. The van der Waals surface area contributed by atoms with Gasteiger partial charge in [-0.05, 0) is 63.0 Å². The molecule has 4 nitrogen and oxygen atoms in total. The summed E-state index contributed by atoms with van der Waals surface area (Å²) >= 11 is 0. The predicted octanol–water partition coefficient (Wildman–Crippen LogP) is 11.3. The fourth-order valence-corrected chi connectivity index (χ4v) is 7.57. The summed E-state index contributed by atoms with van der Waals surface area (Å²) in [4.78, 5) is 10.4. The van der Waals surface area contributed by atoms with Crippen molar-refractivity contribution in [1.82, 2.24) is 9.88 Å². The standard InChI is InChI=1S/C47H32N4/c1-3-15-31(16-4-1)45-48-46(32-17-5-2-6-18-32)50-47(49-45)39-25-12-11-23-37(39)38-24-13-14-26-42(38)51-43-29-35-21-9-7-19-33(35)27-40(43)41-28-34-20-8-10-22-36(34)30-44(41)51/h1-30,45H,(H,48,49,50). The van der Waals surface area contributed by atoms with Crippen molar-refractivity contribution in [2.75, 3.05) is 0 Å². The van der Waals surface area contributed by atoms with E-state index >= 15 is 0 Å². The number of rotatable bonds is 5. The minimum Gasteiger partial charge on any atom is -0.344 e. The molecule has 0 amide bonds. The average Bonchev–Trinajstić information content (AvgIpc) is 3.51. The highest BCUT2D eigenvalue weighted by Gasteiger charge is 2.24. The molecule has 2 heterocycles. The maximum Gasteiger partial charge on any atom is 0.160 e. The molecule has 1 atom stereocenters. The molecule has 1 aliphatic rings. The Morgan fingerprint density at radius 3 is 1.57 bits per heavy atom. The van der Waals surface area contributed by atoms with Crippen LogP contribution in [0.25, 0.3) is 60.2 Å². The Bertz CT molecular complexity index is 2740. The van der Waals surface area contributed by atoms with Crippen LogP contribution in [0.5, 0.6) is 0 Å². The molecule has 4 heteroatoms. The van der Waals surface area contributed by atoms with Crippen LogP contribution < -0.4 is 5.32 Å². The van der Waals surface area contributed by atoms with Gasteiger partial charge in [-0.2, -0.15) is 0 Å². The van der Waals surface area contributed by atoms with E-state index in [4.69, 9.17) is 9.98 Å². The topological polar surface area (TPSA) is 41.7 Å². The summed E-state index contributed by atoms with van der Waals surface area (Å²) in [6.07, 6.45) is -0.281. The lowest BCUT2D eigenvalue weighted by Crippen LogP contribution is -2.33. The van der Waals surface area contributed by atoms with Crippen LogP contribution in [-0.4, -0.2) is 16.2 Å². The normalized spacial score (nSPS) is 14.5. The Morgan fingerprint density at radius 2 is 0.941 bits per heavy atom. The Labute approximate surface area is 295 Å². The highest BCUT2D eigenvalue weighted by Crippen LogP contribution is 2.40. The molecule has 0 fully saturated rings. The van der Waals surface area contributed by atoms with E-state index in [0.717, 1.165) is 39.3 Å². The maximum atomic E-state index is 5.26. The first-order valence-corrected chi connectivity index (χ1v) is 17.4. The lowest BCUT2D eigenvalue weighted by Gasteiger charge is -2.24. The van der Waals surface area contributed by atoms with E-state index in [-0.39, 0.29) is 6.17 Å². The van der Waals surface area contributed by atoms with Gasteiger partial charge in [-0.3, -0.25) is 0 Å². The lowest BCUT2D eigenvalue weighted by atomic mass is 9.96. The van der Waals surface area contributed by atoms with Gasteiger partial charge < -0.3 is 9.88 Å². The molecule has 0 aliphatic carbocycles. The van der Waals surface area contributed by atoms with Crippen LogP contribution >= 0.6 is 0 Å². The molecule has 0 saturated carbocycles. The quantitative estimate of drug-likeness (QED) is 0.197. The third kappa shape index (κ3) is 5.00. The van der Waals surface area contributed by atoms with Crippen molar-refractivity contribution in [2.45, 2.75) is 6.17 Å². The van der Waals surface area contributed by atoms with Crippen molar-refractivity contribution < 1.29 is 0 Å². The number of hydrogen-bond acceptors (Lipinski definition) is 3. The fourth-order valence-electron chi connectivity index (χ4n) is 7.57. The van der Waals surface area contributed by atoms with Crippen LogP contribution in [0, 0.1) is 0 Å². The van der Waals surface area contributed by atoms with Crippen LogP contribution in [0.4, 0.5) is 0 Å². The summed E-state index contributed by atoms with van der Waals surface area (Å²) in [5.41, 5.74) is 8.74. The Morgan fingerprint density at radius 1 is 0.451 bits per heavy atom. The van der Waals surface area contributed by atoms with Gasteiger partial charge in [0.2, 0.25) is 0 Å². The second-order valence-electron chi connectivity index (χ2n) is 13.1. The molecule has 1 unspecified atom stereocenters. The molecule has 1 N–H and O–H groups in total. The molecule has 240 valence electrons. The van der Waals surface area contributed by atoms with Crippen LogP contribution in [0.15, 0.2) is 192 Å². The second kappa shape index (κ2) is 12.0. The van der Waals surface area contributed by atoms with Gasteiger partial charge in [-0.1, -0.05) is 152 Å². The summed E-state index contributed by atoms with van der Waals surface area (Å²) in [5.74, 6) is 1.50. The van der Waals surface area contributed by atoms with Crippen LogP contribution in [0.3, 0.4) is 0 Å². The van der Waals surface area contributed by atoms with Crippen LogP contribution in [-0.2, 0) is 0 Å². The zero-order valence-corrected chi connectivity index (χ0v) is 27.7. The van der Waals surface area contributed by atoms with Gasteiger partial charge in [0.15, 0.2) is 5.84 Å². The first-order valence-electron chi connectivity index (χ1n) is 17.4. The molecule has 0 spiro atoms. The van der Waals surface area contributed by atoms with E-state index in [9.17, 15) is 0 Å². The number of aromatic nitrogens is 1. The first-order chi connectivity index (χ1) is 25.3. The number of amidine groups is 2. The van der Waals surface area contributed by atoms with E-state index in [1.165, 1.54) is 43.4 Å². The van der Waals surface area contributed by atoms with Crippen molar-refractivity contribution in [2.24, 2.45) is 9.98 Å². The van der Waals surface area contributed by atoms with Crippen molar-refractivity contribution in [3.8, 4) is 16.8 Å². The molecule has 1 aliphatic heterocycles. The van der Waals surface area contributed by atoms with Gasteiger partial charge in [0, 0.05) is 27.5 Å². The van der Waals surface area contributed by atoms with E-state index in [0.29, 0.717) is 5.84 Å². The summed E-state index contributed by atoms with van der Waals surface area (Å²) < 4.78 is 2.45. The molecule has 1 aromatic heterocycles. The van der Waals surface area contributed by atoms with Gasteiger partial charge in [0.25, 0.3) is 0 Å². The minimum absolute atomic E-state index is 0.281. The van der Waals surface area contributed by atoms with E-state index in [1.807, 2.05) is 24.3 Å². The van der Waals surface area contributed by atoms with Crippen molar-refractivity contribution in [3.05, 3.63) is 199 Å². The van der Waals surface area contributed by atoms with Gasteiger partial charge in [0.05, 0.1) is 16.7 Å². The zero-order chi connectivity index (χ0) is 33.7. The molecular formula is C47H32N4. The molecule has 8 aromatic carbocycles. The van der Waals surface area contributed by atoms with Crippen molar-refractivity contribution in [3.63, 3.8) is 0 Å². The third-order valence-corrected chi connectivity index (χ3v) is 10.0. The fraction of sp³-hybridized carbons (Fsp3) is 0.0213. The number of aliphatic imine (C=N–C) groups is 2. The second-order valence-corrected chi connectivity index (χ2v) is 13.1. The van der Waals surface area contributed by atoms with E-state index in [2.05, 4.69) is 168 Å². The highest BCUT2D eigenvalue weighted by molar-refractivity contribution is 6.18. The molecule has 0 saturated heterocycles. The molecular weight excluding hydrogens is 621 g/mol. The number of nitrogens with one attached hydrogen (secondary N) is 1. The molecule has 51 heavy (non-hydrogen) atoms. The van der Waals surface area contributed by atoms with Gasteiger partial charge in [0.1, 0.15) is 12.0 Å². The van der Waals surface area contributed by atoms with Gasteiger partial charge in [-0.15, -0.1) is 0 Å². The summed E-state index contributed by atoms with van der Waals surface area (Å²) in [7, 11) is 0. The number of fused-ring (bicyclic) bond motifs is 5.